The molecule has 3 rings (SSSR count). The number of furan rings is 1. The zero-order valence-corrected chi connectivity index (χ0v) is 21.1. The number of aliphatic imine (C=N–C) groups is 1. The van der Waals surface area contributed by atoms with Gasteiger partial charge in [0.2, 0.25) is 0 Å². The largest absolute Gasteiger partial charge is 0.468 e. The molecule has 2 unspecified atom stereocenters. The first-order chi connectivity index (χ1) is 13.8. The molecule has 3 heterocycles. The van der Waals surface area contributed by atoms with Gasteiger partial charge in [-0.05, 0) is 46.0 Å². The Morgan fingerprint density at radius 2 is 2.10 bits per heavy atom. The van der Waals surface area contributed by atoms with Gasteiger partial charge in [0.05, 0.1) is 24.9 Å². The third-order valence-electron chi connectivity index (χ3n) is 5.44. The van der Waals surface area contributed by atoms with Crippen LogP contribution in [-0.2, 0) is 4.74 Å². The van der Waals surface area contributed by atoms with E-state index in [1.165, 1.54) is 0 Å². The van der Waals surface area contributed by atoms with Crippen molar-refractivity contribution < 1.29 is 13.9 Å². The Balaban J connectivity index is 0.00000320. The van der Waals surface area contributed by atoms with Gasteiger partial charge in [-0.25, -0.2) is 4.79 Å². The van der Waals surface area contributed by atoms with E-state index in [-0.39, 0.29) is 42.2 Å². The van der Waals surface area contributed by atoms with Gasteiger partial charge in [0.15, 0.2) is 5.96 Å². The van der Waals surface area contributed by atoms with Gasteiger partial charge in [-0.3, -0.25) is 9.89 Å². The third-order valence-corrected chi connectivity index (χ3v) is 5.44. The lowest BCUT2D eigenvalue weighted by Crippen LogP contribution is -2.58. The van der Waals surface area contributed by atoms with Crippen LogP contribution in [0.4, 0.5) is 4.79 Å². The van der Waals surface area contributed by atoms with E-state index in [9.17, 15) is 4.79 Å². The minimum atomic E-state index is -0.474. The molecule has 0 saturated carbocycles. The van der Waals surface area contributed by atoms with E-state index in [1.807, 2.05) is 32.9 Å². The summed E-state index contributed by atoms with van der Waals surface area (Å²) >= 11 is 0. The predicted molar refractivity (Wildman–Crippen MR) is 128 cm³/mol. The molecule has 0 radical (unpaired) electrons. The summed E-state index contributed by atoms with van der Waals surface area (Å²) in [5.41, 5.74) is -0.474. The maximum atomic E-state index is 12.4. The molecule has 1 aromatic heterocycles. The SMILES string of the molecule is CCN(CC)C(CNC1=NCC2CN(C(=O)OC(C)(C)C)CCN12)c1ccco1.I. The summed E-state index contributed by atoms with van der Waals surface area (Å²) in [6.45, 7) is 15.4. The van der Waals surface area contributed by atoms with Gasteiger partial charge in [0, 0.05) is 26.2 Å². The highest BCUT2D eigenvalue weighted by atomic mass is 127. The van der Waals surface area contributed by atoms with Crippen LogP contribution >= 0.6 is 24.0 Å². The minimum Gasteiger partial charge on any atom is -0.468 e. The summed E-state index contributed by atoms with van der Waals surface area (Å²) in [7, 11) is 0. The van der Waals surface area contributed by atoms with E-state index in [0.29, 0.717) is 19.6 Å². The summed E-state index contributed by atoms with van der Waals surface area (Å²) in [6, 6.07) is 4.33. The molecule has 0 spiro atoms. The van der Waals surface area contributed by atoms with Crippen LogP contribution in [-0.4, -0.2) is 84.2 Å². The van der Waals surface area contributed by atoms with Gasteiger partial charge >= 0.3 is 6.09 Å². The number of hydrogen-bond acceptors (Lipinski definition) is 7. The summed E-state index contributed by atoms with van der Waals surface area (Å²) in [5.74, 6) is 1.88. The molecule has 1 fully saturated rings. The topological polar surface area (TPSA) is 73.6 Å². The summed E-state index contributed by atoms with van der Waals surface area (Å²) < 4.78 is 11.2. The fraction of sp³-hybridized carbons (Fsp3) is 0.714. The van der Waals surface area contributed by atoms with Crippen molar-refractivity contribution in [3.63, 3.8) is 0 Å². The standard InChI is InChI=1S/C21H35N5O3.HI/c1-6-24(7-2)17(18-9-8-12-28-18)14-23-19-22-13-16-15-25(10-11-26(16)19)20(27)29-21(3,4)5;/h8-9,12,16-17H,6-7,10-11,13-15H2,1-5H3,(H,22,23);1H. The molecular formula is C21H36IN5O3. The number of nitrogens with zero attached hydrogens (tertiary/aromatic N) is 4. The van der Waals surface area contributed by atoms with Crippen molar-refractivity contribution >= 4 is 36.0 Å². The first-order valence-corrected chi connectivity index (χ1v) is 10.6. The second-order valence-corrected chi connectivity index (χ2v) is 8.57. The number of nitrogens with one attached hydrogen (secondary N) is 1. The number of hydrogen-bond donors (Lipinski definition) is 1. The van der Waals surface area contributed by atoms with Crippen molar-refractivity contribution in [3.05, 3.63) is 24.2 Å². The zero-order valence-electron chi connectivity index (χ0n) is 18.8. The number of fused-ring (bicyclic) bond motifs is 1. The lowest BCUT2D eigenvalue weighted by atomic mass is 10.1. The van der Waals surface area contributed by atoms with Crippen LogP contribution < -0.4 is 5.32 Å². The zero-order chi connectivity index (χ0) is 21.0. The quantitative estimate of drug-likeness (QED) is 0.567. The fourth-order valence-electron chi connectivity index (χ4n) is 3.97. The highest BCUT2D eigenvalue weighted by molar-refractivity contribution is 14.0. The van der Waals surface area contributed by atoms with Crippen LogP contribution in [0.25, 0.3) is 0 Å². The molecule has 1 amide bonds. The summed E-state index contributed by atoms with van der Waals surface area (Å²) in [5, 5.41) is 3.54. The Hall–Kier alpha value is -1.49. The first-order valence-electron chi connectivity index (χ1n) is 10.6. The number of halogens is 1. The van der Waals surface area contributed by atoms with Crippen LogP contribution in [0.15, 0.2) is 27.8 Å². The van der Waals surface area contributed by atoms with Crippen molar-refractivity contribution in [1.29, 1.82) is 0 Å². The van der Waals surface area contributed by atoms with E-state index < -0.39 is 5.60 Å². The highest BCUT2D eigenvalue weighted by Crippen LogP contribution is 2.22. The van der Waals surface area contributed by atoms with Crippen molar-refractivity contribution in [2.24, 2.45) is 4.99 Å². The Labute approximate surface area is 197 Å². The Morgan fingerprint density at radius 3 is 2.70 bits per heavy atom. The fourth-order valence-corrected chi connectivity index (χ4v) is 3.97. The van der Waals surface area contributed by atoms with Crippen LogP contribution in [0, 0.1) is 0 Å². The second kappa shape index (κ2) is 10.7. The molecule has 2 atom stereocenters. The number of rotatable bonds is 6. The molecule has 8 nitrogen and oxygen atoms in total. The normalized spacial score (nSPS) is 19.8. The lowest BCUT2D eigenvalue weighted by Gasteiger charge is -2.39. The van der Waals surface area contributed by atoms with E-state index in [4.69, 9.17) is 14.1 Å². The molecule has 30 heavy (non-hydrogen) atoms. The lowest BCUT2D eigenvalue weighted by molar-refractivity contribution is 0.0137. The predicted octanol–water partition coefficient (Wildman–Crippen LogP) is 3.16. The van der Waals surface area contributed by atoms with Crippen LogP contribution in [0.1, 0.15) is 46.4 Å². The minimum absolute atomic E-state index is 0. The van der Waals surface area contributed by atoms with Gasteiger partial charge in [-0.2, -0.15) is 0 Å². The van der Waals surface area contributed by atoms with Gasteiger partial charge in [-0.15, -0.1) is 24.0 Å². The number of piperazine rings is 1. The monoisotopic (exact) mass is 533 g/mol. The first kappa shape index (κ1) is 24.8. The van der Waals surface area contributed by atoms with Crippen molar-refractivity contribution in [2.75, 3.05) is 45.8 Å². The number of amides is 1. The summed E-state index contributed by atoms with van der Waals surface area (Å²) in [6.07, 6.45) is 1.49. The van der Waals surface area contributed by atoms with E-state index in [1.54, 1.807) is 11.2 Å². The van der Waals surface area contributed by atoms with Gasteiger partial charge in [0.25, 0.3) is 0 Å². The third kappa shape index (κ3) is 6.03. The van der Waals surface area contributed by atoms with Crippen LogP contribution in [0.2, 0.25) is 0 Å². The van der Waals surface area contributed by atoms with Crippen LogP contribution in [0.5, 0.6) is 0 Å². The highest BCUT2D eigenvalue weighted by Gasteiger charge is 2.36. The Bertz CT molecular complexity index is 700. The molecule has 1 aromatic rings. The number of guanidine groups is 1. The maximum Gasteiger partial charge on any atom is 0.410 e. The average molecular weight is 533 g/mol. The van der Waals surface area contributed by atoms with Gasteiger partial charge in [-0.1, -0.05) is 13.8 Å². The number of carbonyl (C=O) groups is 1. The molecule has 1 N–H and O–H groups in total. The number of carbonyl (C=O) groups excluding carboxylic acids is 1. The summed E-state index contributed by atoms with van der Waals surface area (Å²) in [4.78, 5) is 23.6. The molecule has 0 aliphatic carbocycles. The van der Waals surface area contributed by atoms with Gasteiger partial charge < -0.3 is 24.3 Å². The van der Waals surface area contributed by atoms with Crippen LogP contribution in [0.3, 0.4) is 0 Å². The van der Waals surface area contributed by atoms with Crippen molar-refractivity contribution in [3.8, 4) is 0 Å². The Kier molecular flexibility index (Phi) is 8.84. The Morgan fingerprint density at radius 1 is 1.37 bits per heavy atom. The second-order valence-electron chi connectivity index (χ2n) is 8.57. The van der Waals surface area contributed by atoms with Crippen molar-refractivity contribution in [1.82, 2.24) is 20.0 Å². The van der Waals surface area contributed by atoms with Gasteiger partial charge in [0.1, 0.15) is 11.4 Å². The van der Waals surface area contributed by atoms with E-state index >= 15 is 0 Å². The molecule has 170 valence electrons. The molecule has 1 saturated heterocycles. The number of ether oxygens (including phenoxy) is 1. The van der Waals surface area contributed by atoms with Crippen molar-refractivity contribution in [2.45, 2.75) is 52.3 Å². The number of likely N-dealkylation sites (N-methyl/N-ethyl adjacent to an activating group) is 1. The molecule has 0 bridgehead atoms. The molecule has 2 aliphatic rings. The molecule has 9 heteroatoms. The molecule has 0 aromatic carbocycles. The average Bonchev–Trinajstić information content (AvgIpc) is 3.33. The van der Waals surface area contributed by atoms with E-state index in [2.05, 4.69) is 29.0 Å². The smallest absolute Gasteiger partial charge is 0.410 e. The molecular weight excluding hydrogens is 497 g/mol. The molecule has 2 aliphatic heterocycles. The maximum absolute atomic E-state index is 12.4. The van der Waals surface area contributed by atoms with E-state index in [0.717, 1.165) is 37.9 Å².